The van der Waals surface area contributed by atoms with Crippen molar-refractivity contribution in [3.05, 3.63) is 29.6 Å². The fourth-order valence-electron chi connectivity index (χ4n) is 0.914. The molecule has 0 radical (unpaired) electrons. The summed E-state index contributed by atoms with van der Waals surface area (Å²) in [6.07, 6.45) is -4.41. The van der Waals surface area contributed by atoms with Gasteiger partial charge in [-0.2, -0.15) is 13.2 Å². The van der Waals surface area contributed by atoms with E-state index >= 15 is 0 Å². The maximum absolute atomic E-state index is 12.3. The number of nitrogens with zero attached hydrogens (tertiary/aromatic N) is 1. The predicted molar refractivity (Wildman–Crippen MR) is 59.5 cm³/mol. The zero-order chi connectivity index (χ0) is 12.4. The molecule has 1 heterocycles. The number of rotatable bonds is 0. The van der Waals surface area contributed by atoms with Gasteiger partial charge in [-0.05, 0) is 12.1 Å². The van der Waals surface area contributed by atoms with E-state index in [1.165, 1.54) is 12.1 Å². The van der Waals surface area contributed by atoms with Crippen molar-refractivity contribution in [2.24, 2.45) is 0 Å². The van der Waals surface area contributed by atoms with Gasteiger partial charge in [0.2, 0.25) is 0 Å². The van der Waals surface area contributed by atoms with Gasteiger partial charge < -0.3 is 0 Å². The third-order valence-corrected chi connectivity index (χ3v) is 2.48. The molecule has 1 nitrogen and oxygen atoms in total. The minimum absolute atomic E-state index is 0.178. The summed E-state index contributed by atoms with van der Waals surface area (Å²) in [6, 6.07) is 3.76. The zero-order valence-electron chi connectivity index (χ0n) is 9.31. The lowest BCUT2D eigenvalue weighted by atomic mass is 10.3. The number of hydrogen-bond acceptors (Lipinski definition) is 1. The summed E-state index contributed by atoms with van der Waals surface area (Å²) in [5, 5.41) is 0. The summed E-state index contributed by atoms with van der Waals surface area (Å²) in [4.78, 5) is 3.47. The van der Waals surface area contributed by atoms with Gasteiger partial charge in [0.1, 0.15) is 19.5 Å². The van der Waals surface area contributed by atoms with E-state index in [0.717, 1.165) is 6.07 Å². The molecule has 0 N–H and O–H groups in total. The maximum Gasteiger partial charge on any atom is 0.433 e. The molecule has 5 heteroatoms. The van der Waals surface area contributed by atoms with Crippen LogP contribution in [-0.2, 0) is 6.18 Å². The Labute approximate surface area is 93.7 Å². The summed E-state index contributed by atoms with van der Waals surface area (Å²) in [6.45, 7) is 6.06. The van der Waals surface area contributed by atoms with Crippen molar-refractivity contribution in [2.45, 2.75) is 25.8 Å². The van der Waals surface area contributed by atoms with Gasteiger partial charge >= 0.3 is 6.18 Å². The third-order valence-electron chi connectivity index (χ3n) is 1.61. The molecule has 0 unspecified atom stereocenters. The van der Waals surface area contributed by atoms with E-state index in [2.05, 4.69) is 16.4 Å². The second-order valence-electron chi connectivity index (χ2n) is 4.41. The molecular formula is C11H12F3NSi. The quantitative estimate of drug-likeness (QED) is 0.503. The smallest absolute Gasteiger partial charge is 0.235 e. The van der Waals surface area contributed by atoms with Gasteiger partial charge in [-0.1, -0.05) is 31.6 Å². The van der Waals surface area contributed by atoms with Crippen LogP contribution in [0, 0.1) is 11.5 Å². The Morgan fingerprint density at radius 2 is 1.81 bits per heavy atom. The van der Waals surface area contributed by atoms with Crippen LogP contribution in [-0.4, -0.2) is 13.1 Å². The highest BCUT2D eigenvalue weighted by Crippen LogP contribution is 2.27. The molecule has 0 fully saturated rings. The van der Waals surface area contributed by atoms with Gasteiger partial charge in [-0.25, -0.2) is 4.98 Å². The third kappa shape index (κ3) is 4.07. The highest BCUT2D eigenvalue weighted by Gasteiger charge is 2.32. The second-order valence-corrected chi connectivity index (χ2v) is 9.16. The Kier molecular flexibility index (Phi) is 3.43. The van der Waals surface area contributed by atoms with Crippen LogP contribution in [0.1, 0.15) is 11.4 Å². The van der Waals surface area contributed by atoms with E-state index in [4.69, 9.17) is 0 Å². The van der Waals surface area contributed by atoms with Gasteiger partial charge in [-0.3, -0.25) is 0 Å². The molecule has 16 heavy (non-hydrogen) atoms. The number of alkyl halides is 3. The first-order chi connectivity index (χ1) is 7.18. The Balaban J connectivity index is 3.04. The Morgan fingerprint density at radius 3 is 2.31 bits per heavy atom. The molecule has 1 aromatic rings. The fraction of sp³-hybridized carbons (Fsp3) is 0.364. The van der Waals surface area contributed by atoms with Crippen LogP contribution in [0.15, 0.2) is 18.2 Å². The lowest BCUT2D eigenvalue weighted by Gasteiger charge is -2.06. The van der Waals surface area contributed by atoms with Crippen LogP contribution in [0.4, 0.5) is 13.2 Å². The SMILES string of the molecule is C[Si](C)(C)C#Cc1cccc(C(F)(F)F)n1. The van der Waals surface area contributed by atoms with Crippen molar-refractivity contribution < 1.29 is 13.2 Å². The average molecular weight is 243 g/mol. The molecule has 0 spiro atoms. The summed E-state index contributed by atoms with van der Waals surface area (Å²) < 4.78 is 37.0. The van der Waals surface area contributed by atoms with Crippen LogP contribution in [0.3, 0.4) is 0 Å². The first-order valence-electron chi connectivity index (χ1n) is 4.76. The van der Waals surface area contributed by atoms with Crippen molar-refractivity contribution >= 4 is 8.07 Å². The zero-order valence-corrected chi connectivity index (χ0v) is 10.3. The lowest BCUT2D eigenvalue weighted by Crippen LogP contribution is -2.16. The van der Waals surface area contributed by atoms with E-state index in [9.17, 15) is 13.2 Å². The van der Waals surface area contributed by atoms with Gasteiger partial charge in [0.15, 0.2) is 0 Å². The molecule has 0 aromatic carbocycles. The topological polar surface area (TPSA) is 12.9 Å². The van der Waals surface area contributed by atoms with Gasteiger partial charge in [0.25, 0.3) is 0 Å². The lowest BCUT2D eigenvalue weighted by molar-refractivity contribution is -0.141. The van der Waals surface area contributed by atoms with Gasteiger partial charge in [0, 0.05) is 0 Å². The normalized spacial score (nSPS) is 11.9. The molecule has 0 bridgehead atoms. The summed E-state index contributed by atoms with van der Waals surface area (Å²) in [7, 11) is -1.59. The molecule has 0 aliphatic heterocycles. The molecular weight excluding hydrogens is 231 g/mol. The van der Waals surface area contributed by atoms with Crippen molar-refractivity contribution in [3.63, 3.8) is 0 Å². The molecule has 1 rings (SSSR count). The molecule has 0 aliphatic rings. The van der Waals surface area contributed by atoms with Crippen molar-refractivity contribution in [2.75, 3.05) is 0 Å². The van der Waals surface area contributed by atoms with Crippen molar-refractivity contribution in [1.82, 2.24) is 4.98 Å². The van der Waals surface area contributed by atoms with Crippen LogP contribution >= 0.6 is 0 Å². The summed E-state index contributed by atoms with van der Waals surface area (Å²) in [5.74, 6) is 2.70. The van der Waals surface area contributed by atoms with E-state index < -0.39 is 19.9 Å². The molecule has 0 saturated heterocycles. The first-order valence-corrected chi connectivity index (χ1v) is 8.26. The molecule has 0 saturated carbocycles. The van der Waals surface area contributed by atoms with E-state index in [1.54, 1.807) is 0 Å². The van der Waals surface area contributed by atoms with Gasteiger partial charge in [0.05, 0.1) is 0 Å². The Morgan fingerprint density at radius 1 is 1.19 bits per heavy atom. The van der Waals surface area contributed by atoms with Crippen molar-refractivity contribution in [1.29, 1.82) is 0 Å². The van der Waals surface area contributed by atoms with Crippen molar-refractivity contribution in [3.8, 4) is 11.5 Å². The van der Waals surface area contributed by atoms with Crippen LogP contribution in [0.2, 0.25) is 19.6 Å². The van der Waals surface area contributed by atoms with Crippen LogP contribution in [0.25, 0.3) is 0 Å². The van der Waals surface area contributed by atoms with Crippen LogP contribution in [0.5, 0.6) is 0 Å². The monoisotopic (exact) mass is 243 g/mol. The molecule has 0 atom stereocenters. The second kappa shape index (κ2) is 4.30. The number of halogens is 3. The van der Waals surface area contributed by atoms with Crippen LogP contribution < -0.4 is 0 Å². The summed E-state index contributed by atoms with van der Waals surface area (Å²) >= 11 is 0. The molecule has 0 amide bonds. The average Bonchev–Trinajstić information content (AvgIpc) is 2.13. The number of aromatic nitrogens is 1. The molecule has 1 aromatic heterocycles. The highest BCUT2D eigenvalue weighted by molar-refractivity contribution is 6.83. The minimum Gasteiger partial charge on any atom is -0.235 e. The fourth-order valence-corrected chi connectivity index (χ4v) is 1.42. The number of hydrogen-bond donors (Lipinski definition) is 0. The Hall–Kier alpha value is -1.28. The summed E-state index contributed by atoms with van der Waals surface area (Å²) in [5.41, 5.74) is 2.26. The molecule has 0 aliphatic carbocycles. The number of pyridine rings is 1. The van der Waals surface area contributed by atoms with Gasteiger partial charge in [-0.15, -0.1) is 5.54 Å². The molecule has 86 valence electrons. The standard InChI is InChI=1S/C11H12F3NSi/c1-16(2,3)8-7-9-5-4-6-10(15-9)11(12,13)14/h4-6H,1-3H3. The highest BCUT2D eigenvalue weighted by atomic mass is 28.3. The van der Waals surface area contributed by atoms with E-state index in [1.807, 2.05) is 19.6 Å². The Bertz CT molecular complexity index is 435. The predicted octanol–water partition coefficient (Wildman–Crippen LogP) is 3.33. The largest absolute Gasteiger partial charge is 0.433 e. The first kappa shape index (κ1) is 12.8. The van der Waals surface area contributed by atoms with E-state index in [-0.39, 0.29) is 5.69 Å². The maximum atomic E-state index is 12.3. The minimum atomic E-state index is -4.41. The van der Waals surface area contributed by atoms with E-state index in [0.29, 0.717) is 0 Å².